The van der Waals surface area contributed by atoms with Crippen LogP contribution < -0.4 is 5.32 Å². The molecule has 0 radical (unpaired) electrons. The number of pyridine rings is 2. The number of aromatic nitrogens is 4. The molecule has 0 spiro atoms. The molecule has 3 aromatic heterocycles. The molecule has 3 aromatic rings. The Kier molecular flexibility index (Phi) is 7.08. The molecule has 0 unspecified atom stereocenters. The molecule has 0 bridgehead atoms. The lowest BCUT2D eigenvalue weighted by atomic mass is 10.1. The number of rotatable bonds is 9. The number of unbranched alkanes of at least 4 members (excludes halogenated alkanes) is 2. The first kappa shape index (κ1) is 20.7. The van der Waals surface area contributed by atoms with E-state index in [-0.39, 0.29) is 5.91 Å². The van der Waals surface area contributed by atoms with Gasteiger partial charge in [0.15, 0.2) is 5.82 Å². The zero-order valence-electron chi connectivity index (χ0n) is 17.2. The summed E-state index contributed by atoms with van der Waals surface area (Å²) in [5.41, 5.74) is 5.07. The number of hydrogen-bond donors (Lipinski definition) is 2. The van der Waals surface area contributed by atoms with Crippen molar-refractivity contribution in [1.82, 2.24) is 25.3 Å². The highest BCUT2D eigenvalue weighted by molar-refractivity contribution is 5.95. The number of aromatic amines is 1. The van der Waals surface area contributed by atoms with Crippen LogP contribution in [0.2, 0.25) is 0 Å². The molecule has 152 valence electrons. The second kappa shape index (κ2) is 9.93. The molecule has 0 aliphatic carbocycles. The number of amides is 1. The molecule has 1 amide bonds. The van der Waals surface area contributed by atoms with Gasteiger partial charge in [-0.1, -0.05) is 0 Å². The Morgan fingerprint density at radius 3 is 2.76 bits per heavy atom. The Balaban J connectivity index is 1.69. The first-order valence-corrected chi connectivity index (χ1v) is 9.80. The standard InChI is InChI=1S/C22H27N5O2/c1-15-16(2)27-21(26-15)20-12-17(7-9-24-20)18-11-19(14-23-13-18)22(28)25-8-5-4-6-10-29-3/h7,9,11-14H,4-6,8,10H2,1-3H3,(H,25,28)(H,26,27). The monoisotopic (exact) mass is 393 g/mol. The number of ether oxygens (including phenoxy) is 1. The molecule has 0 fully saturated rings. The average Bonchev–Trinajstić information content (AvgIpc) is 3.09. The lowest BCUT2D eigenvalue weighted by molar-refractivity contribution is 0.0952. The van der Waals surface area contributed by atoms with Gasteiger partial charge in [0.1, 0.15) is 5.69 Å². The number of carbonyl (C=O) groups is 1. The summed E-state index contributed by atoms with van der Waals surface area (Å²) in [6.45, 7) is 5.34. The summed E-state index contributed by atoms with van der Waals surface area (Å²) >= 11 is 0. The Morgan fingerprint density at radius 1 is 1.14 bits per heavy atom. The molecule has 0 atom stereocenters. The van der Waals surface area contributed by atoms with E-state index in [0.717, 1.165) is 59.9 Å². The Morgan fingerprint density at radius 2 is 2.00 bits per heavy atom. The van der Waals surface area contributed by atoms with Gasteiger partial charge in [0, 0.05) is 50.1 Å². The summed E-state index contributed by atoms with van der Waals surface area (Å²) < 4.78 is 5.03. The first-order chi connectivity index (χ1) is 14.1. The van der Waals surface area contributed by atoms with E-state index in [1.807, 2.05) is 32.0 Å². The van der Waals surface area contributed by atoms with Crippen LogP contribution in [0.1, 0.15) is 41.0 Å². The maximum Gasteiger partial charge on any atom is 0.252 e. The fourth-order valence-corrected chi connectivity index (χ4v) is 2.98. The van der Waals surface area contributed by atoms with E-state index in [1.165, 1.54) is 0 Å². The van der Waals surface area contributed by atoms with Gasteiger partial charge in [0.25, 0.3) is 5.91 Å². The van der Waals surface area contributed by atoms with E-state index in [0.29, 0.717) is 12.1 Å². The number of aryl methyl sites for hydroxylation is 2. The van der Waals surface area contributed by atoms with Gasteiger partial charge in [-0.3, -0.25) is 14.8 Å². The fraction of sp³-hybridized carbons (Fsp3) is 0.364. The van der Waals surface area contributed by atoms with E-state index < -0.39 is 0 Å². The first-order valence-electron chi connectivity index (χ1n) is 9.80. The van der Waals surface area contributed by atoms with E-state index in [9.17, 15) is 4.79 Å². The Hall–Kier alpha value is -3.06. The highest BCUT2D eigenvalue weighted by atomic mass is 16.5. The Labute approximate surface area is 171 Å². The van der Waals surface area contributed by atoms with Gasteiger partial charge in [-0.15, -0.1) is 0 Å². The van der Waals surface area contributed by atoms with Crippen molar-refractivity contribution in [2.45, 2.75) is 33.1 Å². The number of H-pyrrole nitrogens is 1. The summed E-state index contributed by atoms with van der Waals surface area (Å²) in [7, 11) is 1.70. The molecule has 3 heterocycles. The summed E-state index contributed by atoms with van der Waals surface area (Å²) in [6, 6.07) is 5.71. The van der Waals surface area contributed by atoms with E-state index >= 15 is 0 Å². The van der Waals surface area contributed by atoms with Crippen molar-refractivity contribution < 1.29 is 9.53 Å². The lowest BCUT2D eigenvalue weighted by Crippen LogP contribution is -2.24. The second-order valence-electron chi connectivity index (χ2n) is 7.00. The highest BCUT2D eigenvalue weighted by Crippen LogP contribution is 2.24. The minimum absolute atomic E-state index is 0.113. The topological polar surface area (TPSA) is 92.8 Å². The van der Waals surface area contributed by atoms with Gasteiger partial charge in [-0.25, -0.2) is 4.98 Å². The lowest BCUT2D eigenvalue weighted by Gasteiger charge is -2.07. The molecule has 0 aliphatic rings. The maximum absolute atomic E-state index is 12.4. The molecule has 0 saturated carbocycles. The third kappa shape index (κ3) is 5.48. The van der Waals surface area contributed by atoms with Crippen molar-refractivity contribution in [1.29, 1.82) is 0 Å². The van der Waals surface area contributed by atoms with Crippen molar-refractivity contribution in [2.24, 2.45) is 0 Å². The van der Waals surface area contributed by atoms with Crippen LogP contribution in [0, 0.1) is 13.8 Å². The zero-order valence-corrected chi connectivity index (χ0v) is 17.2. The van der Waals surface area contributed by atoms with Gasteiger partial charge in [0.05, 0.1) is 11.3 Å². The largest absolute Gasteiger partial charge is 0.385 e. The zero-order chi connectivity index (χ0) is 20.6. The van der Waals surface area contributed by atoms with Crippen LogP contribution in [-0.2, 0) is 4.74 Å². The maximum atomic E-state index is 12.4. The van der Waals surface area contributed by atoms with Crippen molar-refractivity contribution in [3.63, 3.8) is 0 Å². The van der Waals surface area contributed by atoms with E-state index in [1.54, 1.807) is 25.7 Å². The second-order valence-corrected chi connectivity index (χ2v) is 7.00. The molecule has 3 rings (SSSR count). The number of carbonyl (C=O) groups excluding carboxylic acids is 1. The van der Waals surface area contributed by atoms with Crippen LogP contribution in [0.15, 0.2) is 36.8 Å². The van der Waals surface area contributed by atoms with Gasteiger partial charge in [-0.2, -0.15) is 0 Å². The molecule has 0 aliphatic heterocycles. The average molecular weight is 393 g/mol. The van der Waals surface area contributed by atoms with Crippen LogP contribution >= 0.6 is 0 Å². The smallest absolute Gasteiger partial charge is 0.252 e. The molecule has 29 heavy (non-hydrogen) atoms. The van der Waals surface area contributed by atoms with E-state index in [4.69, 9.17) is 4.74 Å². The van der Waals surface area contributed by atoms with Crippen molar-refractivity contribution in [3.05, 3.63) is 53.7 Å². The van der Waals surface area contributed by atoms with Gasteiger partial charge in [-0.05, 0) is 56.9 Å². The summed E-state index contributed by atoms with van der Waals surface area (Å²) in [4.78, 5) is 28.9. The van der Waals surface area contributed by atoms with Crippen molar-refractivity contribution >= 4 is 5.91 Å². The Bertz CT molecular complexity index is 948. The minimum Gasteiger partial charge on any atom is -0.385 e. The molecular weight excluding hydrogens is 366 g/mol. The summed E-state index contributed by atoms with van der Waals surface area (Å²) in [6.07, 6.45) is 8.04. The molecule has 2 N–H and O–H groups in total. The number of imidazole rings is 1. The summed E-state index contributed by atoms with van der Waals surface area (Å²) in [5.74, 6) is 0.620. The van der Waals surface area contributed by atoms with E-state index in [2.05, 4.69) is 25.3 Å². The quantitative estimate of drug-likeness (QED) is 0.541. The molecule has 0 saturated heterocycles. The summed E-state index contributed by atoms with van der Waals surface area (Å²) in [5, 5.41) is 2.95. The van der Waals surface area contributed by atoms with Crippen LogP contribution in [-0.4, -0.2) is 46.1 Å². The number of methoxy groups -OCH3 is 1. The fourth-order valence-electron chi connectivity index (χ4n) is 2.98. The van der Waals surface area contributed by atoms with Crippen molar-refractivity contribution in [3.8, 4) is 22.6 Å². The highest BCUT2D eigenvalue weighted by Gasteiger charge is 2.11. The van der Waals surface area contributed by atoms with Gasteiger partial charge >= 0.3 is 0 Å². The molecule has 7 heteroatoms. The molecule has 7 nitrogen and oxygen atoms in total. The molecular formula is C22H27N5O2. The SMILES string of the molecule is COCCCCCNC(=O)c1cncc(-c2ccnc(-c3nc(C)c(C)[nH]3)c2)c1. The van der Waals surface area contributed by atoms with Crippen LogP contribution in [0.5, 0.6) is 0 Å². The minimum atomic E-state index is -0.113. The van der Waals surface area contributed by atoms with Gasteiger partial charge < -0.3 is 15.0 Å². The normalized spacial score (nSPS) is 10.9. The predicted molar refractivity (Wildman–Crippen MR) is 113 cm³/mol. The third-order valence-corrected chi connectivity index (χ3v) is 4.78. The van der Waals surface area contributed by atoms with Crippen LogP contribution in [0.3, 0.4) is 0 Å². The van der Waals surface area contributed by atoms with Gasteiger partial charge in [0.2, 0.25) is 0 Å². The van der Waals surface area contributed by atoms with Crippen LogP contribution in [0.4, 0.5) is 0 Å². The van der Waals surface area contributed by atoms with Crippen LogP contribution in [0.25, 0.3) is 22.6 Å². The predicted octanol–water partition coefficient (Wildman–Crippen LogP) is 3.70. The van der Waals surface area contributed by atoms with Crippen molar-refractivity contribution in [2.75, 3.05) is 20.3 Å². The third-order valence-electron chi connectivity index (χ3n) is 4.78. The number of hydrogen-bond acceptors (Lipinski definition) is 5. The molecule has 0 aromatic carbocycles. The number of nitrogens with zero attached hydrogens (tertiary/aromatic N) is 3. The number of nitrogens with one attached hydrogen (secondary N) is 2.